The minimum atomic E-state index is -3.08. The molecule has 144 valence electrons. The Labute approximate surface area is 159 Å². The molecular formula is C20H25N3O3S. The molecule has 1 unspecified atom stereocenters. The van der Waals surface area contributed by atoms with Gasteiger partial charge in [0.2, 0.25) is 0 Å². The number of nitrogens with one attached hydrogen (secondary N) is 1. The summed E-state index contributed by atoms with van der Waals surface area (Å²) in [5, 5.41) is 2.97. The lowest BCUT2D eigenvalue weighted by molar-refractivity contribution is 0.0909. The molecular weight excluding hydrogens is 362 g/mol. The molecule has 1 aromatic heterocycles. The predicted molar refractivity (Wildman–Crippen MR) is 104 cm³/mol. The first kappa shape index (κ1) is 18.2. The van der Waals surface area contributed by atoms with Gasteiger partial charge < -0.3 is 9.88 Å². The third kappa shape index (κ3) is 3.65. The van der Waals surface area contributed by atoms with Crippen LogP contribution in [0.15, 0.2) is 30.3 Å². The Hall–Kier alpha value is -2.15. The van der Waals surface area contributed by atoms with E-state index >= 15 is 0 Å². The first-order valence-electron chi connectivity index (χ1n) is 9.55. The molecule has 27 heavy (non-hydrogen) atoms. The van der Waals surface area contributed by atoms with Gasteiger partial charge in [-0.25, -0.2) is 13.4 Å². The van der Waals surface area contributed by atoms with Gasteiger partial charge >= 0.3 is 0 Å². The number of nitrogens with zero attached hydrogens (tertiary/aromatic N) is 2. The zero-order valence-corrected chi connectivity index (χ0v) is 16.4. The monoisotopic (exact) mass is 387 g/mol. The maximum atomic E-state index is 13.1. The van der Waals surface area contributed by atoms with Gasteiger partial charge in [-0.15, -0.1) is 0 Å². The topological polar surface area (TPSA) is 81.1 Å². The van der Waals surface area contributed by atoms with Crippen LogP contribution in [-0.4, -0.2) is 40.9 Å². The van der Waals surface area contributed by atoms with Crippen LogP contribution >= 0.6 is 0 Å². The second-order valence-electron chi connectivity index (χ2n) is 7.92. The standard InChI is InChI=1S/C20H25N3O3S/c1-20(11-13-27(25,26)14-20)22-19(24)17-16-10-6-3-7-12-23(16)18(21-17)15-8-4-2-5-9-15/h2,4-5,8-9H,3,6-7,10-14H2,1H3,(H,22,24). The predicted octanol–water partition coefficient (Wildman–Crippen LogP) is 2.58. The van der Waals surface area contributed by atoms with Gasteiger partial charge in [-0.2, -0.15) is 0 Å². The number of fused-ring (bicyclic) bond motifs is 1. The molecule has 0 aliphatic carbocycles. The number of rotatable bonds is 3. The summed E-state index contributed by atoms with van der Waals surface area (Å²) in [6.45, 7) is 2.66. The van der Waals surface area contributed by atoms with Gasteiger partial charge in [0.25, 0.3) is 5.91 Å². The Morgan fingerprint density at radius 1 is 1.19 bits per heavy atom. The average molecular weight is 388 g/mol. The first-order chi connectivity index (χ1) is 12.9. The first-order valence-corrected chi connectivity index (χ1v) is 11.4. The molecule has 0 bridgehead atoms. The summed E-state index contributed by atoms with van der Waals surface area (Å²) < 4.78 is 25.9. The minimum Gasteiger partial charge on any atom is -0.344 e. The van der Waals surface area contributed by atoms with Crippen molar-refractivity contribution in [3.63, 3.8) is 0 Å². The highest BCUT2D eigenvalue weighted by atomic mass is 32.2. The average Bonchev–Trinajstić information content (AvgIpc) is 3.01. The lowest BCUT2D eigenvalue weighted by Gasteiger charge is -2.23. The molecule has 1 saturated heterocycles. The van der Waals surface area contributed by atoms with Gasteiger partial charge in [0, 0.05) is 12.1 Å². The SMILES string of the molecule is CC1(NC(=O)c2nc(-c3ccccc3)n3c2CCCCC3)CCS(=O)(=O)C1. The number of sulfone groups is 1. The second-order valence-corrected chi connectivity index (χ2v) is 10.1. The summed E-state index contributed by atoms with van der Waals surface area (Å²) in [6.07, 6.45) is 4.50. The van der Waals surface area contributed by atoms with Crippen molar-refractivity contribution in [1.82, 2.24) is 14.9 Å². The molecule has 1 amide bonds. The van der Waals surface area contributed by atoms with Crippen LogP contribution in [0.5, 0.6) is 0 Å². The molecule has 6 nitrogen and oxygen atoms in total. The summed E-state index contributed by atoms with van der Waals surface area (Å²) in [7, 11) is -3.08. The Balaban J connectivity index is 1.70. The highest BCUT2D eigenvalue weighted by Gasteiger charge is 2.40. The summed E-state index contributed by atoms with van der Waals surface area (Å²) in [6, 6.07) is 9.92. The molecule has 1 N–H and O–H groups in total. The molecule has 4 rings (SSSR count). The molecule has 3 heterocycles. The lowest BCUT2D eigenvalue weighted by Crippen LogP contribution is -2.47. The summed E-state index contributed by atoms with van der Waals surface area (Å²) >= 11 is 0. The maximum absolute atomic E-state index is 13.1. The van der Waals surface area contributed by atoms with Gasteiger partial charge in [-0.3, -0.25) is 4.79 Å². The van der Waals surface area contributed by atoms with Crippen LogP contribution in [0, 0.1) is 0 Å². The van der Waals surface area contributed by atoms with E-state index in [2.05, 4.69) is 9.88 Å². The number of carbonyl (C=O) groups is 1. The van der Waals surface area contributed by atoms with Crippen LogP contribution in [0.25, 0.3) is 11.4 Å². The Kier molecular flexibility index (Phi) is 4.58. The van der Waals surface area contributed by atoms with Crippen LogP contribution in [-0.2, 0) is 22.8 Å². The van der Waals surface area contributed by atoms with Gasteiger partial charge in [0.05, 0.1) is 22.7 Å². The van der Waals surface area contributed by atoms with Crippen molar-refractivity contribution < 1.29 is 13.2 Å². The fourth-order valence-electron chi connectivity index (χ4n) is 4.15. The van der Waals surface area contributed by atoms with E-state index in [-0.39, 0.29) is 17.4 Å². The largest absolute Gasteiger partial charge is 0.344 e. The van der Waals surface area contributed by atoms with E-state index in [4.69, 9.17) is 4.98 Å². The third-order valence-corrected chi connectivity index (χ3v) is 7.44. The number of carbonyl (C=O) groups excluding carboxylic acids is 1. The highest BCUT2D eigenvalue weighted by molar-refractivity contribution is 7.91. The van der Waals surface area contributed by atoms with Crippen LogP contribution in [0.2, 0.25) is 0 Å². The van der Waals surface area contributed by atoms with E-state index in [0.717, 1.165) is 49.3 Å². The zero-order chi connectivity index (χ0) is 19.1. The van der Waals surface area contributed by atoms with E-state index in [1.807, 2.05) is 37.3 Å². The van der Waals surface area contributed by atoms with Crippen LogP contribution in [0.3, 0.4) is 0 Å². The minimum absolute atomic E-state index is 0.00662. The number of hydrogen-bond donors (Lipinski definition) is 1. The number of benzene rings is 1. The Bertz CT molecular complexity index is 966. The number of aromatic nitrogens is 2. The van der Waals surface area contributed by atoms with Crippen molar-refractivity contribution in [3.05, 3.63) is 41.7 Å². The molecule has 2 aliphatic rings. The van der Waals surface area contributed by atoms with Crippen molar-refractivity contribution in [1.29, 1.82) is 0 Å². The van der Waals surface area contributed by atoms with Crippen molar-refractivity contribution in [2.45, 2.75) is 51.1 Å². The molecule has 1 aromatic carbocycles. The van der Waals surface area contributed by atoms with Crippen molar-refractivity contribution >= 4 is 15.7 Å². The van der Waals surface area contributed by atoms with Gasteiger partial charge in [-0.05, 0) is 32.6 Å². The van der Waals surface area contributed by atoms with Crippen LogP contribution in [0.4, 0.5) is 0 Å². The number of imidazole rings is 1. The van der Waals surface area contributed by atoms with E-state index in [1.54, 1.807) is 0 Å². The fraction of sp³-hybridized carbons (Fsp3) is 0.500. The molecule has 1 fully saturated rings. The van der Waals surface area contributed by atoms with Gasteiger partial charge in [0.1, 0.15) is 11.5 Å². The summed E-state index contributed by atoms with van der Waals surface area (Å²) in [5.74, 6) is 0.678. The summed E-state index contributed by atoms with van der Waals surface area (Å²) in [4.78, 5) is 17.8. The Morgan fingerprint density at radius 3 is 2.67 bits per heavy atom. The maximum Gasteiger partial charge on any atom is 0.272 e. The molecule has 7 heteroatoms. The van der Waals surface area contributed by atoms with Crippen LogP contribution < -0.4 is 5.32 Å². The van der Waals surface area contributed by atoms with E-state index in [0.29, 0.717) is 12.1 Å². The fourth-order valence-corrected chi connectivity index (χ4v) is 6.24. The lowest BCUT2D eigenvalue weighted by atomic mass is 10.0. The highest BCUT2D eigenvalue weighted by Crippen LogP contribution is 2.28. The molecule has 2 aliphatic heterocycles. The van der Waals surface area contributed by atoms with Gasteiger partial charge in [-0.1, -0.05) is 36.8 Å². The molecule has 2 aromatic rings. The number of hydrogen-bond acceptors (Lipinski definition) is 4. The smallest absolute Gasteiger partial charge is 0.272 e. The molecule has 0 spiro atoms. The molecule has 0 radical (unpaired) electrons. The summed E-state index contributed by atoms with van der Waals surface area (Å²) in [5.41, 5.74) is 1.69. The Morgan fingerprint density at radius 2 is 1.96 bits per heavy atom. The van der Waals surface area contributed by atoms with E-state index in [1.165, 1.54) is 0 Å². The molecule has 0 saturated carbocycles. The van der Waals surface area contributed by atoms with Crippen molar-refractivity contribution in [3.8, 4) is 11.4 Å². The second kappa shape index (κ2) is 6.78. The van der Waals surface area contributed by atoms with Crippen LogP contribution in [0.1, 0.15) is 48.8 Å². The quantitative estimate of drug-likeness (QED) is 0.878. The normalized spacial score (nSPS) is 24.2. The van der Waals surface area contributed by atoms with Crippen molar-refractivity contribution in [2.75, 3.05) is 11.5 Å². The number of amides is 1. The third-order valence-electron chi connectivity index (χ3n) is 5.53. The molecule has 1 atom stereocenters. The zero-order valence-electron chi connectivity index (χ0n) is 15.6. The van der Waals surface area contributed by atoms with E-state index < -0.39 is 15.4 Å². The van der Waals surface area contributed by atoms with Gasteiger partial charge in [0.15, 0.2) is 9.84 Å². The van der Waals surface area contributed by atoms with E-state index in [9.17, 15) is 13.2 Å². The van der Waals surface area contributed by atoms with Crippen molar-refractivity contribution in [2.24, 2.45) is 0 Å².